The van der Waals surface area contributed by atoms with E-state index in [9.17, 15) is 29.1 Å². The lowest BCUT2D eigenvalue weighted by molar-refractivity contribution is -0.158. The van der Waals surface area contributed by atoms with Gasteiger partial charge in [0.15, 0.2) is 0 Å². The number of benzene rings is 1. The van der Waals surface area contributed by atoms with E-state index >= 15 is 4.39 Å². The lowest BCUT2D eigenvalue weighted by Gasteiger charge is -2.34. The highest BCUT2D eigenvalue weighted by atomic mass is 19.1. The molecule has 54 heavy (non-hydrogen) atoms. The molecule has 3 rings (SSSR count). The molecule has 5 atom stereocenters. The van der Waals surface area contributed by atoms with Gasteiger partial charge in [-0.05, 0) is 62.2 Å². The third-order valence-corrected chi connectivity index (χ3v) is 9.23. The Hall–Kier alpha value is -5.24. The molecule has 14 heteroatoms. The normalized spacial score (nSPS) is 14.5. The number of rotatable bonds is 22. The molecular weight excluding hydrogens is 693 g/mol. The van der Waals surface area contributed by atoms with Crippen LogP contribution in [0.3, 0.4) is 0 Å². The number of alkyl halides is 1. The zero-order valence-corrected chi connectivity index (χ0v) is 31.8. The van der Waals surface area contributed by atoms with Crippen molar-refractivity contribution in [2.45, 2.75) is 102 Å². The van der Waals surface area contributed by atoms with Crippen molar-refractivity contribution >= 4 is 29.6 Å². The molecule has 292 valence electrons. The maximum atomic E-state index is 17.0. The summed E-state index contributed by atoms with van der Waals surface area (Å²) in [7, 11) is 4.71. The molecule has 13 nitrogen and oxygen atoms in total. The maximum Gasteiger partial charge on any atom is 0.326 e. The number of carbonyl (C=O) groups is 5. The number of unbranched alkanes of at least 4 members (excludes halogenated alkanes) is 2. The van der Waals surface area contributed by atoms with Crippen LogP contribution in [0.15, 0.2) is 79.4 Å². The standard InChI is InChI=1S/C40H54FN7O6/c1-6-8-19-31(44-37(51)33(47(3)4)24-29-17-13-21-42-26-29)35(49)45-32(23-28-15-11-10-12-16-28)36(50)46-40(41,20-9-7-2)39(54)48(5)34(38(52)53)25-30-18-14-22-43-27-30/h10-18,21-22,26-27,31-34H,6-9,19-20,23-25H2,1-5H3,(H,44,51)(H,45,49)(H,46,50)(H,52,53)/t31-,32-,33-,34-,40-/m0/s1. The fourth-order valence-electron chi connectivity index (χ4n) is 6.01. The Balaban J connectivity index is 1.90. The number of nitrogens with zero attached hydrogens (tertiary/aromatic N) is 4. The van der Waals surface area contributed by atoms with Gasteiger partial charge in [-0.3, -0.25) is 34.0 Å². The summed E-state index contributed by atoms with van der Waals surface area (Å²) in [6, 6.07) is 11.2. The molecule has 0 saturated heterocycles. The molecule has 0 saturated carbocycles. The van der Waals surface area contributed by atoms with Crippen molar-refractivity contribution in [2.24, 2.45) is 0 Å². The fourth-order valence-corrected chi connectivity index (χ4v) is 6.01. The number of hydrogen-bond donors (Lipinski definition) is 4. The molecular formula is C40H54FN7O6. The van der Waals surface area contributed by atoms with Crippen LogP contribution in [0.25, 0.3) is 0 Å². The number of aliphatic carboxylic acids is 1. The highest BCUT2D eigenvalue weighted by molar-refractivity contribution is 5.96. The molecule has 2 heterocycles. The molecule has 0 radical (unpaired) electrons. The van der Waals surface area contributed by atoms with E-state index in [4.69, 9.17) is 0 Å². The van der Waals surface area contributed by atoms with E-state index in [-0.39, 0.29) is 31.6 Å². The lowest BCUT2D eigenvalue weighted by Crippen LogP contribution is -2.63. The van der Waals surface area contributed by atoms with E-state index in [2.05, 4.69) is 25.9 Å². The number of carboxylic acid groups (broad SMARTS) is 1. The molecule has 0 aliphatic heterocycles. The molecule has 3 aromatic rings. The molecule has 4 amide bonds. The van der Waals surface area contributed by atoms with Crippen LogP contribution in [-0.2, 0) is 43.2 Å². The van der Waals surface area contributed by atoms with Gasteiger partial charge in [-0.25, -0.2) is 9.18 Å². The van der Waals surface area contributed by atoms with Crippen molar-refractivity contribution in [1.82, 2.24) is 35.7 Å². The van der Waals surface area contributed by atoms with Gasteiger partial charge < -0.3 is 26.0 Å². The fraction of sp³-hybridized carbons (Fsp3) is 0.475. The number of hydrogen-bond acceptors (Lipinski definition) is 8. The minimum atomic E-state index is -2.99. The Kier molecular flexibility index (Phi) is 17.2. The minimum absolute atomic E-state index is 0.0547. The number of aromatic nitrogens is 2. The van der Waals surface area contributed by atoms with E-state index in [0.717, 1.165) is 16.9 Å². The number of nitrogens with one attached hydrogen (secondary N) is 3. The molecule has 4 N–H and O–H groups in total. The summed E-state index contributed by atoms with van der Waals surface area (Å²) >= 11 is 0. The molecule has 0 bridgehead atoms. The first-order valence-corrected chi connectivity index (χ1v) is 18.4. The second kappa shape index (κ2) is 21.5. The summed E-state index contributed by atoms with van der Waals surface area (Å²) in [5.74, 6) is -7.59. The highest BCUT2D eigenvalue weighted by Gasteiger charge is 2.46. The van der Waals surface area contributed by atoms with E-state index in [1.165, 1.54) is 19.4 Å². The van der Waals surface area contributed by atoms with Crippen LogP contribution in [0.4, 0.5) is 4.39 Å². The third kappa shape index (κ3) is 13.0. The van der Waals surface area contributed by atoms with E-state index in [1.54, 1.807) is 86.8 Å². The lowest BCUT2D eigenvalue weighted by atomic mass is 10.00. The second-order valence-corrected chi connectivity index (χ2v) is 13.7. The SMILES string of the molecule is CCCC[C@H](NC(=O)[C@H](Cc1cccnc1)N(C)C)C(=O)N[C@@H](Cc1ccccc1)C(=O)N[C@@](F)(CCCC)C(=O)N(C)[C@@H](Cc1cccnc1)C(=O)O. The van der Waals surface area contributed by atoms with Gasteiger partial charge in [0.2, 0.25) is 17.7 Å². The molecule has 0 unspecified atom stereocenters. The smallest absolute Gasteiger partial charge is 0.326 e. The van der Waals surface area contributed by atoms with Gasteiger partial charge in [-0.2, -0.15) is 0 Å². The van der Waals surface area contributed by atoms with Crippen LogP contribution in [0.2, 0.25) is 0 Å². The Morgan fingerprint density at radius 3 is 1.80 bits per heavy atom. The summed E-state index contributed by atoms with van der Waals surface area (Å²) in [5, 5.41) is 17.9. The van der Waals surface area contributed by atoms with Crippen molar-refractivity contribution in [3.63, 3.8) is 0 Å². The van der Waals surface area contributed by atoms with Crippen LogP contribution >= 0.6 is 0 Å². The van der Waals surface area contributed by atoms with Crippen LogP contribution in [0, 0.1) is 0 Å². The van der Waals surface area contributed by atoms with Crippen molar-refractivity contribution < 1.29 is 33.5 Å². The average molecular weight is 748 g/mol. The maximum absolute atomic E-state index is 17.0. The van der Waals surface area contributed by atoms with Crippen molar-refractivity contribution in [3.05, 3.63) is 96.1 Å². The Morgan fingerprint density at radius 1 is 0.722 bits per heavy atom. The van der Waals surface area contributed by atoms with Crippen LogP contribution in [0.1, 0.15) is 69.1 Å². The number of carbonyl (C=O) groups excluding carboxylic acids is 4. The predicted molar refractivity (Wildman–Crippen MR) is 203 cm³/mol. The molecule has 0 spiro atoms. The minimum Gasteiger partial charge on any atom is -0.480 e. The summed E-state index contributed by atoms with van der Waals surface area (Å²) in [6.07, 6.45) is 8.31. The summed E-state index contributed by atoms with van der Waals surface area (Å²) in [6.45, 7) is 3.74. The molecule has 2 aromatic heterocycles. The topological polar surface area (TPSA) is 174 Å². The number of likely N-dealkylation sites (N-methyl/N-ethyl adjacent to an activating group) is 2. The molecule has 0 aliphatic rings. The van der Waals surface area contributed by atoms with Gasteiger partial charge in [0.1, 0.15) is 18.1 Å². The van der Waals surface area contributed by atoms with Gasteiger partial charge in [0, 0.05) is 51.1 Å². The van der Waals surface area contributed by atoms with Gasteiger partial charge >= 0.3 is 5.97 Å². The van der Waals surface area contributed by atoms with E-state index in [1.807, 2.05) is 13.0 Å². The average Bonchev–Trinajstić information content (AvgIpc) is 3.16. The number of pyridine rings is 2. The molecule has 0 fully saturated rings. The predicted octanol–water partition coefficient (Wildman–Crippen LogP) is 3.48. The second-order valence-electron chi connectivity index (χ2n) is 13.7. The van der Waals surface area contributed by atoms with E-state index < -0.39 is 60.1 Å². The van der Waals surface area contributed by atoms with Gasteiger partial charge in [0.05, 0.1) is 6.04 Å². The summed E-state index contributed by atoms with van der Waals surface area (Å²) < 4.78 is 17.0. The molecule has 0 aliphatic carbocycles. The number of amides is 4. The first kappa shape index (κ1) is 43.2. The Morgan fingerprint density at radius 2 is 1.28 bits per heavy atom. The number of carboxylic acids is 1. The Bertz CT molecular complexity index is 1650. The first-order valence-electron chi connectivity index (χ1n) is 18.4. The zero-order chi connectivity index (χ0) is 39.7. The van der Waals surface area contributed by atoms with Crippen molar-refractivity contribution in [2.75, 3.05) is 21.1 Å². The summed E-state index contributed by atoms with van der Waals surface area (Å²) in [5.41, 5.74) is 2.02. The van der Waals surface area contributed by atoms with Gasteiger partial charge in [0.25, 0.3) is 11.7 Å². The third-order valence-electron chi connectivity index (χ3n) is 9.23. The zero-order valence-electron chi connectivity index (χ0n) is 31.8. The van der Waals surface area contributed by atoms with E-state index in [0.29, 0.717) is 30.4 Å². The van der Waals surface area contributed by atoms with Gasteiger partial charge in [-0.15, -0.1) is 0 Å². The van der Waals surface area contributed by atoms with Gasteiger partial charge in [-0.1, -0.05) is 75.6 Å². The quantitative estimate of drug-likeness (QED) is 0.112. The van der Waals surface area contributed by atoms with Crippen molar-refractivity contribution in [3.8, 4) is 0 Å². The van der Waals surface area contributed by atoms with Crippen LogP contribution in [-0.4, -0.2) is 106 Å². The highest BCUT2D eigenvalue weighted by Crippen LogP contribution is 2.23. The first-order chi connectivity index (χ1) is 25.8. The number of halogens is 1. The van der Waals surface area contributed by atoms with Crippen LogP contribution < -0.4 is 16.0 Å². The largest absolute Gasteiger partial charge is 0.480 e. The monoisotopic (exact) mass is 747 g/mol. The van der Waals surface area contributed by atoms with Crippen molar-refractivity contribution in [1.29, 1.82) is 0 Å². The Labute approximate surface area is 317 Å². The molecule has 1 aromatic carbocycles. The van der Waals surface area contributed by atoms with Crippen LogP contribution in [0.5, 0.6) is 0 Å². The summed E-state index contributed by atoms with van der Waals surface area (Å²) in [4.78, 5) is 78.6.